The van der Waals surface area contributed by atoms with Gasteiger partial charge in [-0.15, -0.1) is 5.92 Å². The second-order valence-corrected chi connectivity index (χ2v) is 7.96. The first-order valence-electron chi connectivity index (χ1n) is 9.97. The van der Waals surface area contributed by atoms with Crippen molar-refractivity contribution in [2.45, 2.75) is 58.5 Å². The van der Waals surface area contributed by atoms with Crippen molar-refractivity contribution in [1.29, 1.82) is 0 Å². The van der Waals surface area contributed by atoms with Crippen LogP contribution >= 0.6 is 0 Å². The van der Waals surface area contributed by atoms with Gasteiger partial charge in [0.1, 0.15) is 5.75 Å². The second kappa shape index (κ2) is 9.98. The van der Waals surface area contributed by atoms with E-state index in [4.69, 9.17) is 9.84 Å². The Morgan fingerprint density at radius 1 is 1.10 bits per heavy atom. The first-order chi connectivity index (χ1) is 14.1. The Bertz CT molecular complexity index is 949. The number of nitrogens with one attached hydrogen (secondary N) is 1. The highest BCUT2D eigenvalue weighted by Gasteiger charge is 2.30. The summed E-state index contributed by atoms with van der Waals surface area (Å²) in [5.74, 6) is 5.14. The molecule has 2 N–H and O–H groups in total. The summed E-state index contributed by atoms with van der Waals surface area (Å²) in [6.45, 7) is 9.33. The molecule has 0 fully saturated rings. The molecule has 0 bridgehead atoms. The number of hydrogen-bond acceptors (Lipinski definition) is 3. The van der Waals surface area contributed by atoms with Crippen molar-refractivity contribution >= 4 is 17.6 Å². The lowest BCUT2D eigenvalue weighted by Gasteiger charge is -2.26. The van der Waals surface area contributed by atoms with Crippen molar-refractivity contribution in [2.75, 3.05) is 5.32 Å². The molecule has 1 unspecified atom stereocenters. The number of amides is 1. The fraction of sp³-hybridized carbons (Fsp3) is 0.360. The molecule has 5 nitrogen and oxygen atoms in total. The number of carbonyl (C=O) groups is 2. The molecule has 0 radical (unpaired) electrons. The highest BCUT2D eigenvalue weighted by Crippen LogP contribution is 2.25. The summed E-state index contributed by atoms with van der Waals surface area (Å²) in [6.07, 6.45) is -0.0666. The number of carbonyl (C=O) groups excluding carboxylic acids is 1. The predicted molar refractivity (Wildman–Crippen MR) is 119 cm³/mol. The average molecular weight is 408 g/mol. The minimum Gasteiger partial charge on any atom is -0.481 e. The van der Waals surface area contributed by atoms with Crippen molar-refractivity contribution < 1.29 is 19.4 Å². The zero-order valence-electron chi connectivity index (χ0n) is 18.2. The molecule has 0 aliphatic carbocycles. The molecule has 0 aliphatic rings. The Kier molecular flexibility index (Phi) is 7.66. The molecule has 0 spiro atoms. The molecule has 0 saturated heterocycles. The standard InChI is InChI=1S/C25H29NO4/c1-6-8-20(16-23(27)28)18-11-13-21(14-12-18)26-24(29)25(4,5)30-22-10-7-9-19(15-22)17(2)3/h7,9-15,17,20H,16H2,1-5H3,(H,26,29)(H,27,28). The smallest absolute Gasteiger partial charge is 0.304 e. The normalized spacial score (nSPS) is 11.9. The number of carboxylic acid groups (broad SMARTS) is 1. The largest absolute Gasteiger partial charge is 0.481 e. The molecule has 2 rings (SSSR count). The van der Waals surface area contributed by atoms with Gasteiger partial charge in [-0.25, -0.2) is 0 Å². The van der Waals surface area contributed by atoms with Crippen molar-refractivity contribution in [3.05, 3.63) is 59.7 Å². The maximum atomic E-state index is 12.8. The van der Waals surface area contributed by atoms with Crippen molar-refractivity contribution in [3.8, 4) is 17.6 Å². The Morgan fingerprint density at radius 2 is 1.77 bits per heavy atom. The van der Waals surface area contributed by atoms with E-state index in [0.717, 1.165) is 11.1 Å². The van der Waals surface area contributed by atoms with E-state index in [1.165, 1.54) is 0 Å². The fourth-order valence-electron chi connectivity index (χ4n) is 2.96. The molecule has 1 atom stereocenters. The van der Waals surface area contributed by atoms with Gasteiger partial charge in [0.2, 0.25) is 0 Å². The Hall–Kier alpha value is -3.26. The van der Waals surface area contributed by atoms with Gasteiger partial charge in [0, 0.05) is 5.69 Å². The van der Waals surface area contributed by atoms with Crippen LogP contribution in [0.5, 0.6) is 5.75 Å². The lowest BCUT2D eigenvalue weighted by atomic mass is 9.96. The lowest BCUT2D eigenvalue weighted by Crippen LogP contribution is -2.42. The fourth-order valence-corrected chi connectivity index (χ4v) is 2.96. The zero-order chi connectivity index (χ0) is 22.3. The van der Waals surface area contributed by atoms with E-state index in [0.29, 0.717) is 17.4 Å². The highest BCUT2D eigenvalue weighted by molar-refractivity contribution is 5.97. The van der Waals surface area contributed by atoms with Gasteiger partial charge in [-0.3, -0.25) is 9.59 Å². The average Bonchev–Trinajstić information content (AvgIpc) is 2.67. The van der Waals surface area contributed by atoms with Crippen LogP contribution in [0.1, 0.15) is 64.0 Å². The molecule has 30 heavy (non-hydrogen) atoms. The van der Waals surface area contributed by atoms with E-state index in [1.807, 2.05) is 24.3 Å². The summed E-state index contributed by atoms with van der Waals surface area (Å²) >= 11 is 0. The van der Waals surface area contributed by atoms with Crippen molar-refractivity contribution in [1.82, 2.24) is 0 Å². The molecule has 0 heterocycles. The van der Waals surface area contributed by atoms with Crippen LogP contribution in [0.4, 0.5) is 5.69 Å². The monoisotopic (exact) mass is 407 g/mol. The minimum atomic E-state index is -1.08. The van der Waals surface area contributed by atoms with Crippen LogP contribution in [-0.4, -0.2) is 22.6 Å². The first kappa shape index (κ1) is 23.0. The van der Waals surface area contributed by atoms with E-state index in [1.54, 1.807) is 45.0 Å². The zero-order valence-corrected chi connectivity index (χ0v) is 18.2. The number of carboxylic acids is 1. The van der Waals surface area contributed by atoms with E-state index in [-0.39, 0.29) is 18.2 Å². The summed E-state index contributed by atoms with van der Waals surface area (Å²) in [4.78, 5) is 23.8. The molecule has 0 saturated carbocycles. The van der Waals surface area contributed by atoms with Crippen LogP contribution in [0.2, 0.25) is 0 Å². The summed E-state index contributed by atoms with van der Waals surface area (Å²) in [5.41, 5.74) is 1.47. The van der Waals surface area contributed by atoms with Gasteiger partial charge >= 0.3 is 5.97 Å². The van der Waals surface area contributed by atoms with Crippen LogP contribution in [0, 0.1) is 11.8 Å². The van der Waals surface area contributed by atoms with Crippen LogP contribution < -0.4 is 10.1 Å². The van der Waals surface area contributed by atoms with Crippen LogP contribution in [0.3, 0.4) is 0 Å². The molecule has 1 amide bonds. The third-order valence-electron chi connectivity index (χ3n) is 4.71. The maximum absolute atomic E-state index is 12.8. The summed E-state index contributed by atoms with van der Waals surface area (Å²) < 4.78 is 5.97. The number of anilines is 1. The third kappa shape index (κ3) is 6.38. The predicted octanol–water partition coefficient (Wildman–Crippen LogP) is 5.19. The van der Waals surface area contributed by atoms with E-state index >= 15 is 0 Å². The Balaban J connectivity index is 2.09. The van der Waals surface area contributed by atoms with E-state index in [2.05, 4.69) is 31.0 Å². The molecule has 2 aromatic carbocycles. The van der Waals surface area contributed by atoms with Gasteiger partial charge in [0.25, 0.3) is 5.91 Å². The topological polar surface area (TPSA) is 75.6 Å². The molecule has 5 heteroatoms. The first-order valence-corrected chi connectivity index (χ1v) is 9.97. The number of ether oxygens (including phenoxy) is 1. The summed E-state index contributed by atoms with van der Waals surface area (Å²) in [5, 5.41) is 11.9. The van der Waals surface area contributed by atoms with Gasteiger partial charge in [-0.1, -0.05) is 44.0 Å². The highest BCUT2D eigenvalue weighted by atomic mass is 16.5. The van der Waals surface area contributed by atoms with Gasteiger partial charge in [0.05, 0.1) is 12.3 Å². The molecule has 2 aromatic rings. The van der Waals surface area contributed by atoms with Crippen LogP contribution in [-0.2, 0) is 9.59 Å². The Morgan fingerprint density at radius 3 is 2.33 bits per heavy atom. The molecule has 158 valence electrons. The SMILES string of the molecule is CC#CC(CC(=O)O)c1ccc(NC(=O)C(C)(C)Oc2cccc(C(C)C)c2)cc1. The number of aliphatic carboxylic acids is 1. The van der Waals surface area contributed by atoms with E-state index in [9.17, 15) is 9.59 Å². The minimum absolute atomic E-state index is 0.0666. The van der Waals surface area contributed by atoms with Gasteiger partial charge in [0.15, 0.2) is 5.60 Å². The van der Waals surface area contributed by atoms with Crippen molar-refractivity contribution in [3.63, 3.8) is 0 Å². The maximum Gasteiger partial charge on any atom is 0.304 e. The van der Waals surface area contributed by atoms with Crippen molar-refractivity contribution in [2.24, 2.45) is 0 Å². The molecule has 0 aliphatic heterocycles. The van der Waals surface area contributed by atoms with Crippen LogP contribution in [0.15, 0.2) is 48.5 Å². The summed E-state index contributed by atoms with van der Waals surface area (Å²) in [7, 11) is 0. The van der Waals surface area contributed by atoms with Gasteiger partial charge < -0.3 is 15.2 Å². The van der Waals surface area contributed by atoms with Gasteiger partial charge in [-0.05, 0) is 62.1 Å². The Labute approximate surface area is 178 Å². The van der Waals surface area contributed by atoms with Gasteiger partial charge in [-0.2, -0.15) is 0 Å². The second-order valence-electron chi connectivity index (χ2n) is 7.96. The number of hydrogen-bond donors (Lipinski definition) is 2. The molecule has 0 aromatic heterocycles. The van der Waals surface area contributed by atoms with Crippen LogP contribution in [0.25, 0.3) is 0 Å². The van der Waals surface area contributed by atoms with E-state index < -0.39 is 11.6 Å². The summed E-state index contributed by atoms with van der Waals surface area (Å²) in [6, 6.07) is 14.8. The number of benzene rings is 2. The lowest BCUT2D eigenvalue weighted by molar-refractivity contribution is -0.137. The molecular formula is C25H29NO4. The quantitative estimate of drug-likeness (QED) is 0.591. The molecular weight excluding hydrogens is 378 g/mol. The third-order valence-corrected chi connectivity index (χ3v) is 4.71. The number of rotatable bonds is 8.